The lowest BCUT2D eigenvalue weighted by atomic mass is 9.86. The lowest BCUT2D eigenvalue weighted by Gasteiger charge is -2.18. The molecule has 1 aliphatic heterocycles. The summed E-state index contributed by atoms with van der Waals surface area (Å²) in [4.78, 5) is 1.40. The van der Waals surface area contributed by atoms with Crippen molar-refractivity contribution in [2.24, 2.45) is 0 Å². The second kappa shape index (κ2) is 19.9. The fourth-order valence-electron chi connectivity index (χ4n) is 8.00. The summed E-state index contributed by atoms with van der Waals surface area (Å²) in [6.45, 7) is 19.6. The third-order valence-electron chi connectivity index (χ3n) is 11.1. The Morgan fingerprint density at radius 3 is 1.62 bits per heavy atom. The molecule has 0 bridgehead atoms. The smallest absolute Gasteiger partial charge is 0.0189 e. The molecule has 0 amide bonds. The van der Waals surface area contributed by atoms with E-state index < -0.39 is 0 Å². The molecule has 0 atom stereocenters. The van der Waals surface area contributed by atoms with E-state index in [-0.39, 0.29) is 0 Å². The van der Waals surface area contributed by atoms with E-state index >= 15 is 0 Å². The van der Waals surface area contributed by atoms with Gasteiger partial charge in [-0.1, -0.05) is 166 Å². The van der Waals surface area contributed by atoms with E-state index in [0.717, 1.165) is 25.0 Å². The first-order valence-electron chi connectivity index (χ1n) is 21.2. The Hall–Kier alpha value is -5.37. The fraction of sp³-hybridized carbons (Fsp3) is 0.228. The van der Waals surface area contributed by atoms with Crippen molar-refractivity contribution in [3.8, 4) is 55.6 Å². The van der Waals surface area contributed by atoms with E-state index in [4.69, 9.17) is 0 Å². The third kappa shape index (κ3) is 9.83. The maximum atomic E-state index is 2.38. The number of aryl methyl sites for hydroxylation is 2. The molecule has 6 aromatic rings. The van der Waals surface area contributed by atoms with Crippen LogP contribution in [0.25, 0.3) is 61.2 Å². The van der Waals surface area contributed by atoms with Crippen LogP contribution in [0.3, 0.4) is 0 Å². The van der Waals surface area contributed by atoms with Crippen molar-refractivity contribution < 1.29 is 0 Å². The SMILES string of the molecule is CC.CC/C=C\C(C)=C(/C)c1cc(C)cc(-c2cccc(-c3cccc(-c4cccc(-c5cccc(-c6cc(C)cc7c6SC/C=C\C(C)=C/C7)c5)c4)c3)c2)c1CC. The predicted molar refractivity (Wildman–Crippen MR) is 259 cm³/mol. The lowest BCUT2D eigenvalue weighted by molar-refractivity contribution is 1.12. The quantitative estimate of drug-likeness (QED) is 0.132. The van der Waals surface area contributed by atoms with Crippen LogP contribution in [-0.2, 0) is 12.8 Å². The summed E-state index contributed by atoms with van der Waals surface area (Å²) in [5, 5.41) is 0. The minimum atomic E-state index is 0.957. The van der Waals surface area contributed by atoms with Crippen LogP contribution in [0.1, 0.15) is 82.7 Å². The van der Waals surface area contributed by atoms with Crippen LogP contribution in [0.5, 0.6) is 0 Å². The summed E-state index contributed by atoms with van der Waals surface area (Å²) in [5.41, 5.74) is 23.4. The van der Waals surface area contributed by atoms with Gasteiger partial charge in [-0.05, 0) is 167 Å². The van der Waals surface area contributed by atoms with Crippen molar-refractivity contribution in [2.45, 2.75) is 86.5 Å². The Balaban J connectivity index is 0.00000279. The highest BCUT2D eigenvalue weighted by molar-refractivity contribution is 7.99. The van der Waals surface area contributed by atoms with Gasteiger partial charge < -0.3 is 0 Å². The zero-order valence-electron chi connectivity index (χ0n) is 36.2. The van der Waals surface area contributed by atoms with Crippen molar-refractivity contribution >= 4 is 17.3 Å². The fourth-order valence-corrected chi connectivity index (χ4v) is 9.02. The minimum Gasteiger partial charge on any atom is -0.121 e. The molecular formula is C57H60S. The standard InChI is InChI=1S/C55H54S.C2H6/c1-8-10-17-40(6)41(7)52-30-39(5)31-53(51(52)9-2)48-24-13-22-46(35-48)44-20-11-18-42(33-44)43-19-12-21-45(34-43)47-23-14-25-49(36-47)54-32-38(4)29-50-27-26-37(3)16-15-28-56-55(50)54;1-2/h10-26,29-36H,8-9,27-28H2,1-7H3;1-2H3/b16-15-,17-10-,37-26-,41-40+;. The second-order valence-corrected chi connectivity index (χ2v) is 16.3. The number of fused-ring (bicyclic) bond motifs is 1. The lowest BCUT2D eigenvalue weighted by Crippen LogP contribution is -1.98. The monoisotopic (exact) mass is 776 g/mol. The number of hydrogen-bond acceptors (Lipinski definition) is 1. The topological polar surface area (TPSA) is 0 Å². The van der Waals surface area contributed by atoms with Gasteiger partial charge in [-0.3, -0.25) is 0 Å². The minimum absolute atomic E-state index is 0.957. The number of allylic oxidation sites excluding steroid dienone is 7. The van der Waals surface area contributed by atoms with Gasteiger partial charge in [0.15, 0.2) is 0 Å². The summed E-state index contributed by atoms with van der Waals surface area (Å²) >= 11 is 1.95. The Morgan fingerprint density at radius 2 is 1.09 bits per heavy atom. The molecule has 1 aliphatic rings. The van der Waals surface area contributed by atoms with Crippen LogP contribution >= 0.6 is 11.8 Å². The highest BCUT2D eigenvalue weighted by atomic mass is 32.2. The van der Waals surface area contributed by atoms with Gasteiger partial charge in [0, 0.05) is 10.6 Å². The van der Waals surface area contributed by atoms with Gasteiger partial charge in [-0.15, -0.1) is 11.8 Å². The highest BCUT2D eigenvalue weighted by Crippen LogP contribution is 2.40. The average molecular weight is 777 g/mol. The summed E-state index contributed by atoms with van der Waals surface area (Å²) in [6.07, 6.45) is 14.4. The zero-order valence-corrected chi connectivity index (χ0v) is 37.0. The van der Waals surface area contributed by atoms with Crippen molar-refractivity contribution in [2.75, 3.05) is 5.75 Å². The molecule has 0 saturated heterocycles. The first kappa shape index (κ1) is 42.2. The molecule has 0 saturated carbocycles. The Kier molecular flexibility index (Phi) is 14.5. The van der Waals surface area contributed by atoms with Gasteiger partial charge in [0.2, 0.25) is 0 Å². The molecule has 0 unspecified atom stereocenters. The van der Waals surface area contributed by atoms with Gasteiger partial charge >= 0.3 is 0 Å². The number of rotatable bonds is 9. The maximum absolute atomic E-state index is 2.38. The summed E-state index contributed by atoms with van der Waals surface area (Å²) < 4.78 is 0. The summed E-state index contributed by atoms with van der Waals surface area (Å²) in [6, 6.07) is 45.8. The molecule has 0 aromatic heterocycles. The third-order valence-corrected chi connectivity index (χ3v) is 12.2. The molecule has 0 fully saturated rings. The van der Waals surface area contributed by atoms with Gasteiger partial charge in [0.05, 0.1) is 0 Å². The molecule has 7 rings (SSSR count). The van der Waals surface area contributed by atoms with Crippen LogP contribution in [-0.4, -0.2) is 5.75 Å². The van der Waals surface area contributed by atoms with Crippen LogP contribution < -0.4 is 0 Å². The van der Waals surface area contributed by atoms with Gasteiger partial charge in [-0.25, -0.2) is 0 Å². The van der Waals surface area contributed by atoms with E-state index in [9.17, 15) is 0 Å². The molecular weight excluding hydrogens is 717 g/mol. The number of benzene rings is 6. The van der Waals surface area contributed by atoms with E-state index in [1.807, 2.05) is 25.6 Å². The Bertz CT molecular complexity index is 2520. The molecule has 6 aromatic carbocycles. The summed E-state index contributed by atoms with van der Waals surface area (Å²) in [5.74, 6) is 0.972. The van der Waals surface area contributed by atoms with Crippen molar-refractivity contribution in [1.29, 1.82) is 0 Å². The van der Waals surface area contributed by atoms with E-state index in [1.54, 1.807) is 0 Å². The van der Waals surface area contributed by atoms with Crippen LogP contribution in [0.2, 0.25) is 0 Å². The molecule has 0 aliphatic carbocycles. The Labute approximate surface area is 354 Å². The molecule has 0 nitrogen and oxygen atoms in total. The van der Waals surface area contributed by atoms with Crippen LogP contribution in [0.4, 0.5) is 0 Å². The molecule has 0 N–H and O–H groups in total. The van der Waals surface area contributed by atoms with E-state index in [2.05, 4.69) is 200 Å². The van der Waals surface area contributed by atoms with E-state index in [1.165, 1.54) is 105 Å². The molecule has 0 spiro atoms. The molecule has 294 valence electrons. The van der Waals surface area contributed by atoms with E-state index in [0.29, 0.717) is 0 Å². The first-order valence-corrected chi connectivity index (χ1v) is 22.2. The largest absolute Gasteiger partial charge is 0.121 e. The average Bonchev–Trinajstić information content (AvgIpc) is 3.35. The number of thioether (sulfide) groups is 1. The van der Waals surface area contributed by atoms with Crippen LogP contribution in [0, 0.1) is 13.8 Å². The van der Waals surface area contributed by atoms with Crippen LogP contribution in [0.15, 0.2) is 168 Å². The van der Waals surface area contributed by atoms with Crippen molar-refractivity contribution in [1.82, 2.24) is 0 Å². The van der Waals surface area contributed by atoms with Crippen molar-refractivity contribution in [3.05, 3.63) is 191 Å². The summed E-state index contributed by atoms with van der Waals surface area (Å²) in [7, 11) is 0. The number of hydrogen-bond donors (Lipinski definition) is 0. The second-order valence-electron chi connectivity index (χ2n) is 15.3. The molecule has 58 heavy (non-hydrogen) atoms. The zero-order chi connectivity index (χ0) is 41.2. The molecule has 0 radical (unpaired) electrons. The molecule has 1 heteroatoms. The molecule has 1 heterocycles. The maximum Gasteiger partial charge on any atom is 0.0189 e. The van der Waals surface area contributed by atoms with Gasteiger partial charge in [0.25, 0.3) is 0 Å². The van der Waals surface area contributed by atoms with Gasteiger partial charge in [0.1, 0.15) is 0 Å². The Morgan fingerprint density at radius 1 is 0.603 bits per heavy atom. The highest BCUT2D eigenvalue weighted by Gasteiger charge is 2.16. The first-order chi connectivity index (χ1) is 28.2. The predicted octanol–water partition coefficient (Wildman–Crippen LogP) is 17.1. The van der Waals surface area contributed by atoms with Crippen molar-refractivity contribution in [3.63, 3.8) is 0 Å². The van der Waals surface area contributed by atoms with Gasteiger partial charge in [-0.2, -0.15) is 0 Å². The normalized spacial score (nSPS) is 14.5.